The summed E-state index contributed by atoms with van der Waals surface area (Å²) in [4.78, 5) is 9.40. The van der Waals surface area contributed by atoms with Gasteiger partial charge in [-0.2, -0.15) is 0 Å². The van der Waals surface area contributed by atoms with E-state index < -0.39 is 0 Å². The zero-order valence-corrected chi connectivity index (χ0v) is 23.3. The van der Waals surface area contributed by atoms with E-state index in [1.54, 1.807) is 6.20 Å². The van der Waals surface area contributed by atoms with Crippen molar-refractivity contribution in [2.24, 2.45) is 4.99 Å². The molecule has 2 atom stereocenters. The van der Waals surface area contributed by atoms with E-state index in [0.29, 0.717) is 5.88 Å². The van der Waals surface area contributed by atoms with E-state index in [1.165, 1.54) is 49.7 Å². The number of benzene rings is 4. The Labute approximate surface area is 245 Å². The summed E-state index contributed by atoms with van der Waals surface area (Å²) in [5.74, 6) is 0.799. The van der Waals surface area contributed by atoms with Crippen LogP contribution in [0.25, 0.3) is 39.2 Å². The van der Waals surface area contributed by atoms with Gasteiger partial charge < -0.3 is 10.1 Å². The van der Waals surface area contributed by atoms with Crippen molar-refractivity contribution in [3.8, 4) is 28.3 Å². The number of nitrogens with zero attached hydrogens (tertiary/aromatic N) is 2. The molecule has 0 spiro atoms. The van der Waals surface area contributed by atoms with Crippen molar-refractivity contribution >= 4 is 28.8 Å². The third-order valence-corrected chi connectivity index (χ3v) is 8.57. The second-order valence-electron chi connectivity index (χ2n) is 11.1. The van der Waals surface area contributed by atoms with Crippen LogP contribution in [0.15, 0.2) is 120 Å². The van der Waals surface area contributed by atoms with E-state index in [9.17, 15) is 0 Å². The molecule has 1 aliphatic carbocycles. The molecule has 5 aromatic rings. The molecule has 42 heavy (non-hydrogen) atoms. The second kappa shape index (κ2) is 10.0. The lowest BCUT2D eigenvalue weighted by Crippen LogP contribution is -2.11. The molecule has 1 N–H and O–H groups in total. The van der Waals surface area contributed by atoms with Gasteiger partial charge in [0.2, 0.25) is 5.88 Å². The lowest BCUT2D eigenvalue weighted by atomic mass is 9.81. The fourth-order valence-electron chi connectivity index (χ4n) is 6.49. The van der Waals surface area contributed by atoms with E-state index in [2.05, 4.69) is 126 Å². The maximum Gasteiger partial charge on any atom is 0.240 e. The van der Waals surface area contributed by atoms with Crippen molar-refractivity contribution in [1.82, 2.24) is 4.98 Å². The standard InChI is InChI=1S/C38H29N3O/c1-24-21-22-39-23-32(24)25-15-17-27(18-16-25)37-41-34-20-19-33(40-38(34)42-37)36-30-13-7-5-11-28(30)35(26-9-3-2-4-10-26)29-12-6-8-14-31(29)36/h2-7,9-13,15-20,22-23,32,37,41H,8,14H2,1H3. The number of pyridine rings is 1. The van der Waals surface area contributed by atoms with Gasteiger partial charge in [-0.25, -0.2) is 4.98 Å². The first-order valence-corrected chi connectivity index (χ1v) is 14.5. The fraction of sp³-hybridized carbons (Fsp3) is 0.132. The Hall–Kier alpha value is -5.18. The van der Waals surface area contributed by atoms with Gasteiger partial charge in [-0.1, -0.05) is 91.0 Å². The summed E-state index contributed by atoms with van der Waals surface area (Å²) in [6.07, 6.45) is 10.00. The highest BCUT2D eigenvalue weighted by Gasteiger charge is 2.28. The smallest absolute Gasteiger partial charge is 0.240 e. The number of ether oxygens (including phenoxy) is 1. The molecule has 4 aromatic carbocycles. The number of hydrogen-bond acceptors (Lipinski definition) is 4. The number of aromatic nitrogens is 1. The quantitative estimate of drug-likeness (QED) is 0.230. The van der Waals surface area contributed by atoms with Crippen LogP contribution in [0.3, 0.4) is 0 Å². The molecule has 8 rings (SSSR count). The van der Waals surface area contributed by atoms with Crippen LogP contribution in [0, 0.1) is 0 Å². The second-order valence-corrected chi connectivity index (χ2v) is 11.1. The number of anilines is 1. The Bertz CT molecular complexity index is 1980. The minimum absolute atomic E-state index is 0.159. The largest absolute Gasteiger partial charge is 0.448 e. The summed E-state index contributed by atoms with van der Waals surface area (Å²) in [6, 6.07) is 32.2. The molecule has 0 saturated carbocycles. The van der Waals surface area contributed by atoms with E-state index in [-0.39, 0.29) is 12.1 Å². The number of aliphatic imine (C=N–C) groups is 1. The molecular formula is C38H29N3O. The van der Waals surface area contributed by atoms with Gasteiger partial charge in [0, 0.05) is 23.3 Å². The first-order valence-electron chi connectivity index (χ1n) is 14.5. The fourth-order valence-corrected chi connectivity index (χ4v) is 6.49. The monoisotopic (exact) mass is 543 g/mol. The van der Waals surface area contributed by atoms with Crippen molar-refractivity contribution in [3.05, 3.63) is 137 Å². The van der Waals surface area contributed by atoms with Gasteiger partial charge >= 0.3 is 0 Å². The van der Waals surface area contributed by atoms with Gasteiger partial charge in [0.05, 0.1) is 11.9 Å². The van der Waals surface area contributed by atoms with Crippen LogP contribution < -0.4 is 10.1 Å². The van der Waals surface area contributed by atoms with Crippen LogP contribution in [0.2, 0.25) is 0 Å². The average molecular weight is 544 g/mol. The summed E-state index contributed by atoms with van der Waals surface area (Å²) in [7, 11) is 0. The van der Waals surface area contributed by atoms with Crippen molar-refractivity contribution in [2.45, 2.75) is 31.9 Å². The number of rotatable bonds is 4. The molecule has 0 amide bonds. The van der Waals surface area contributed by atoms with Gasteiger partial charge in [0.15, 0.2) is 6.23 Å². The normalized spacial score (nSPS) is 18.3. The zero-order valence-electron chi connectivity index (χ0n) is 23.3. The van der Waals surface area contributed by atoms with Crippen molar-refractivity contribution in [3.63, 3.8) is 0 Å². The molecule has 4 nitrogen and oxygen atoms in total. The summed E-state index contributed by atoms with van der Waals surface area (Å²) < 4.78 is 6.43. The maximum atomic E-state index is 6.43. The molecule has 202 valence electrons. The van der Waals surface area contributed by atoms with Gasteiger partial charge in [-0.15, -0.1) is 5.73 Å². The molecule has 0 saturated heterocycles. The highest BCUT2D eigenvalue weighted by molar-refractivity contribution is 6.09. The Morgan fingerprint density at radius 1 is 0.833 bits per heavy atom. The number of fused-ring (bicyclic) bond motifs is 3. The van der Waals surface area contributed by atoms with Gasteiger partial charge in [-0.3, -0.25) is 4.99 Å². The molecule has 0 bridgehead atoms. The third kappa shape index (κ3) is 4.08. The molecule has 2 unspecified atom stereocenters. The summed E-state index contributed by atoms with van der Waals surface area (Å²) in [5, 5.41) is 5.99. The predicted molar refractivity (Wildman–Crippen MR) is 172 cm³/mol. The SMILES string of the molecule is CC1=C=CN=CC1c1ccc(C2Nc3ccc(-c4c5c(c(-c6ccccc6)c6ccccc46)C=CCC5)nc3O2)cc1. The Morgan fingerprint density at radius 3 is 2.40 bits per heavy atom. The first-order chi connectivity index (χ1) is 20.7. The van der Waals surface area contributed by atoms with Gasteiger partial charge in [0.1, 0.15) is 5.69 Å². The number of allylic oxidation sites excluding steroid dienone is 2. The van der Waals surface area contributed by atoms with Crippen LogP contribution in [0.5, 0.6) is 5.88 Å². The van der Waals surface area contributed by atoms with E-state index in [4.69, 9.17) is 9.72 Å². The molecule has 4 heteroatoms. The maximum absolute atomic E-state index is 6.43. The molecule has 3 heterocycles. The van der Waals surface area contributed by atoms with E-state index in [0.717, 1.165) is 29.8 Å². The van der Waals surface area contributed by atoms with Gasteiger partial charge in [0.25, 0.3) is 0 Å². The average Bonchev–Trinajstić information content (AvgIpc) is 3.48. The third-order valence-electron chi connectivity index (χ3n) is 8.57. The van der Waals surface area contributed by atoms with Crippen LogP contribution in [0.4, 0.5) is 5.69 Å². The highest BCUT2D eigenvalue weighted by Crippen LogP contribution is 2.46. The summed E-state index contributed by atoms with van der Waals surface area (Å²) in [6.45, 7) is 2.09. The lowest BCUT2D eigenvalue weighted by molar-refractivity contribution is 0.251. The molecule has 2 aliphatic heterocycles. The summed E-state index contributed by atoms with van der Waals surface area (Å²) >= 11 is 0. The van der Waals surface area contributed by atoms with Gasteiger partial charge in [-0.05, 0) is 76.1 Å². The van der Waals surface area contributed by atoms with Crippen LogP contribution in [0.1, 0.15) is 47.7 Å². The minimum Gasteiger partial charge on any atom is -0.448 e. The van der Waals surface area contributed by atoms with Crippen molar-refractivity contribution in [2.75, 3.05) is 5.32 Å². The van der Waals surface area contributed by atoms with Crippen LogP contribution in [-0.4, -0.2) is 11.2 Å². The van der Waals surface area contributed by atoms with E-state index in [1.807, 2.05) is 6.21 Å². The summed E-state index contributed by atoms with van der Waals surface area (Å²) in [5.41, 5.74) is 14.9. The zero-order chi connectivity index (χ0) is 28.0. The van der Waals surface area contributed by atoms with Crippen LogP contribution >= 0.6 is 0 Å². The molecule has 0 fully saturated rings. The number of hydrogen-bond donors (Lipinski definition) is 1. The first kappa shape index (κ1) is 24.6. The highest BCUT2D eigenvalue weighted by atomic mass is 16.5. The molecule has 3 aliphatic rings. The Kier molecular flexibility index (Phi) is 5.87. The topological polar surface area (TPSA) is 46.5 Å². The lowest BCUT2D eigenvalue weighted by Gasteiger charge is -2.23. The van der Waals surface area contributed by atoms with Crippen LogP contribution in [-0.2, 0) is 6.42 Å². The molecular weight excluding hydrogens is 514 g/mol. The Morgan fingerprint density at radius 2 is 1.60 bits per heavy atom. The molecule has 0 radical (unpaired) electrons. The van der Waals surface area contributed by atoms with E-state index >= 15 is 0 Å². The predicted octanol–water partition coefficient (Wildman–Crippen LogP) is 9.26. The van der Waals surface area contributed by atoms with Crippen molar-refractivity contribution < 1.29 is 4.74 Å². The molecule has 1 aromatic heterocycles. The minimum atomic E-state index is -0.289. The van der Waals surface area contributed by atoms with Crippen molar-refractivity contribution in [1.29, 1.82) is 0 Å². The number of nitrogens with one attached hydrogen (secondary N) is 1. The Balaban J connectivity index is 1.18.